The van der Waals surface area contributed by atoms with Crippen molar-refractivity contribution in [2.45, 2.75) is 26.9 Å². The van der Waals surface area contributed by atoms with Gasteiger partial charge >= 0.3 is 5.97 Å². The molecule has 0 fully saturated rings. The van der Waals surface area contributed by atoms with Crippen LogP contribution >= 0.6 is 0 Å². The van der Waals surface area contributed by atoms with Crippen molar-refractivity contribution in [1.82, 2.24) is 20.0 Å². The Morgan fingerprint density at radius 3 is 2.76 bits per heavy atom. The van der Waals surface area contributed by atoms with Crippen LogP contribution in [0.3, 0.4) is 0 Å². The third kappa shape index (κ3) is 4.42. The van der Waals surface area contributed by atoms with Gasteiger partial charge < -0.3 is 19.3 Å². The largest absolute Gasteiger partial charge is 0.494 e. The summed E-state index contributed by atoms with van der Waals surface area (Å²) in [7, 11) is 0. The predicted molar refractivity (Wildman–Crippen MR) is 101 cm³/mol. The molecule has 3 aromatic rings. The lowest BCUT2D eigenvalue weighted by Gasteiger charge is -2.11. The van der Waals surface area contributed by atoms with Crippen LogP contribution in [0.4, 0.5) is 0 Å². The Hall–Kier alpha value is -3.69. The molecule has 1 aromatic carbocycles. The Bertz CT molecular complexity index is 1090. The standard InChI is InChI=1S/C19H20N4O6/c1-3-27-13-8-6-5-7-12(13)9-20-14(24)10-23-11-21-17-15(18(23)25)16(22-29-17)19(26)28-4-2/h5-8,11H,3-4,9-10H2,1-2H3,(H,20,24). The van der Waals surface area contributed by atoms with Gasteiger partial charge in [-0.3, -0.25) is 14.2 Å². The minimum Gasteiger partial charge on any atom is -0.494 e. The lowest BCUT2D eigenvalue weighted by atomic mass is 10.2. The zero-order valence-electron chi connectivity index (χ0n) is 16.0. The number of aromatic nitrogens is 3. The van der Waals surface area contributed by atoms with E-state index in [-0.39, 0.29) is 36.5 Å². The Kier molecular flexibility index (Phi) is 6.22. The lowest BCUT2D eigenvalue weighted by Crippen LogP contribution is -2.32. The summed E-state index contributed by atoms with van der Waals surface area (Å²) in [4.78, 5) is 40.9. The first-order valence-electron chi connectivity index (χ1n) is 9.04. The molecule has 0 aliphatic carbocycles. The summed E-state index contributed by atoms with van der Waals surface area (Å²) in [5, 5.41) is 6.17. The summed E-state index contributed by atoms with van der Waals surface area (Å²) >= 11 is 0. The number of nitrogens with zero attached hydrogens (tertiary/aromatic N) is 3. The first-order valence-corrected chi connectivity index (χ1v) is 9.04. The zero-order chi connectivity index (χ0) is 20.8. The highest BCUT2D eigenvalue weighted by Gasteiger charge is 2.22. The summed E-state index contributed by atoms with van der Waals surface area (Å²) in [6.45, 7) is 4.08. The Balaban J connectivity index is 1.75. The Morgan fingerprint density at radius 1 is 1.21 bits per heavy atom. The molecule has 3 rings (SSSR count). The molecule has 10 nitrogen and oxygen atoms in total. The van der Waals surface area contributed by atoms with Crippen molar-refractivity contribution in [2.75, 3.05) is 13.2 Å². The van der Waals surface area contributed by atoms with Crippen LogP contribution in [-0.4, -0.2) is 39.8 Å². The molecule has 1 amide bonds. The lowest BCUT2D eigenvalue weighted by molar-refractivity contribution is -0.121. The molecule has 0 radical (unpaired) electrons. The summed E-state index contributed by atoms with van der Waals surface area (Å²) < 4.78 is 16.4. The number of carbonyl (C=O) groups excluding carboxylic acids is 2. The van der Waals surface area contributed by atoms with Crippen molar-refractivity contribution < 1.29 is 23.6 Å². The Labute approximate surface area is 165 Å². The second-order valence-corrected chi connectivity index (χ2v) is 5.93. The Morgan fingerprint density at radius 2 is 2.00 bits per heavy atom. The molecule has 0 spiro atoms. The molecule has 0 bridgehead atoms. The van der Waals surface area contributed by atoms with Crippen molar-refractivity contribution in [3.63, 3.8) is 0 Å². The highest BCUT2D eigenvalue weighted by Crippen LogP contribution is 2.17. The van der Waals surface area contributed by atoms with E-state index >= 15 is 0 Å². The monoisotopic (exact) mass is 400 g/mol. The van der Waals surface area contributed by atoms with Crippen LogP contribution < -0.4 is 15.6 Å². The summed E-state index contributed by atoms with van der Waals surface area (Å²) in [6.07, 6.45) is 1.17. The van der Waals surface area contributed by atoms with Crippen molar-refractivity contribution in [1.29, 1.82) is 0 Å². The summed E-state index contributed by atoms with van der Waals surface area (Å²) in [5.41, 5.74) is -0.170. The molecular weight excluding hydrogens is 380 g/mol. The van der Waals surface area contributed by atoms with Gasteiger partial charge in [0.2, 0.25) is 11.6 Å². The van der Waals surface area contributed by atoms with Gasteiger partial charge in [-0.15, -0.1) is 0 Å². The molecule has 0 unspecified atom stereocenters. The maximum atomic E-state index is 12.7. The van der Waals surface area contributed by atoms with Crippen molar-refractivity contribution >= 4 is 23.0 Å². The van der Waals surface area contributed by atoms with Gasteiger partial charge in [-0.2, -0.15) is 0 Å². The molecule has 0 aliphatic heterocycles. The van der Waals surface area contributed by atoms with Crippen molar-refractivity contribution in [2.24, 2.45) is 0 Å². The fourth-order valence-corrected chi connectivity index (χ4v) is 2.68. The fraction of sp³-hybridized carbons (Fsp3) is 0.316. The highest BCUT2D eigenvalue weighted by atomic mass is 16.5. The number of hydrogen-bond donors (Lipinski definition) is 1. The zero-order valence-corrected chi connectivity index (χ0v) is 16.0. The molecule has 152 valence electrons. The number of ether oxygens (including phenoxy) is 2. The second kappa shape index (κ2) is 9.00. The number of amides is 1. The van der Waals surface area contributed by atoms with Crippen molar-refractivity contribution in [3.8, 4) is 5.75 Å². The molecule has 0 atom stereocenters. The molecule has 1 N–H and O–H groups in total. The highest BCUT2D eigenvalue weighted by molar-refractivity contribution is 5.99. The van der Waals surface area contributed by atoms with Gasteiger partial charge in [0.25, 0.3) is 11.3 Å². The molecule has 10 heteroatoms. The van der Waals surface area contributed by atoms with Crippen LogP contribution in [-0.2, 0) is 22.6 Å². The number of rotatable bonds is 8. The number of para-hydroxylation sites is 1. The first-order chi connectivity index (χ1) is 14.0. The van der Waals surface area contributed by atoms with E-state index in [1.54, 1.807) is 6.92 Å². The van der Waals surface area contributed by atoms with Crippen LogP contribution in [0.5, 0.6) is 5.75 Å². The van der Waals surface area contributed by atoms with E-state index in [0.717, 1.165) is 10.1 Å². The maximum absolute atomic E-state index is 12.7. The fourth-order valence-electron chi connectivity index (χ4n) is 2.68. The van der Waals surface area contributed by atoms with Crippen LogP contribution in [0.2, 0.25) is 0 Å². The van der Waals surface area contributed by atoms with Gasteiger partial charge in [-0.25, -0.2) is 9.78 Å². The van der Waals surface area contributed by atoms with E-state index in [9.17, 15) is 14.4 Å². The maximum Gasteiger partial charge on any atom is 0.361 e. The normalized spacial score (nSPS) is 10.7. The third-order valence-electron chi connectivity index (χ3n) is 3.99. The van der Waals surface area contributed by atoms with Crippen LogP contribution in [0.25, 0.3) is 11.1 Å². The van der Waals surface area contributed by atoms with E-state index in [1.807, 2.05) is 31.2 Å². The van der Waals surface area contributed by atoms with Crippen LogP contribution in [0.1, 0.15) is 29.9 Å². The first kappa shape index (κ1) is 20.1. The van der Waals surface area contributed by atoms with E-state index in [4.69, 9.17) is 14.0 Å². The number of fused-ring (bicyclic) bond motifs is 1. The van der Waals surface area contributed by atoms with E-state index in [1.165, 1.54) is 6.33 Å². The minimum absolute atomic E-state index is 0.0969. The van der Waals surface area contributed by atoms with Gasteiger partial charge in [0.05, 0.1) is 13.2 Å². The van der Waals surface area contributed by atoms with E-state index < -0.39 is 17.4 Å². The molecule has 2 aromatic heterocycles. The average molecular weight is 400 g/mol. The van der Waals surface area contributed by atoms with Gasteiger partial charge in [-0.1, -0.05) is 23.4 Å². The molecule has 29 heavy (non-hydrogen) atoms. The SMILES string of the molecule is CCOC(=O)c1noc2ncn(CC(=O)NCc3ccccc3OCC)c(=O)c12. The van der Waals surface area contributed by atoms with Crippen LogP contribution in [0, 0.1) is 0 Å². The minimum atomic E-state index is -0.792. The quantitative estimate of drug-likeness (QED) is 0.561. The van der Waals surface area contributed by atoms with Crippen LogP contribution in [0.15, 0.2) is 39.9 Å². The van der Waals surface area contributed by atoms with Gasteiger partial charge in [-0.05, 0) is 19.9 Å². The number of esters is 1. The molecule has 0 aliphatic rings. The number of benzene rings is 1. The van der Waals surface area contributed by atoms with E-state index in [0.29, 0.717) is 12.4 Å². The third-order valence-corrected chi connectivity index (χ3v) is 3.99. The molecule has 0 saturated carbocycles. The number of hydrogen-bond acceptors (Lipinski definition) is 8. The smallest absolute Gasteiger partial charge is 0.361 e. The van der Waals surface area contributed by atoms with E-state index in [2.05, 4.69) is 15.5 Å². The topological polar surface area (TPSA) is 126 Å². The summed E-state index contributed by atoms with van der Waals surface area (Å²) in [5.74, 6) is -0.521. The van der Waals surface area contributed by atoms with Crippen molar-refractivity contribution in [3.05, 3.63) is 52.2 Å². The average Bonchev–Trinajstić information content (AvgIpc) is 3.15. The molecule has 2 heterocycles. The summed E-state index contributed by atoms with van der Waals surface area (Å²) in [6, 6.07) is 7.34. The number of carbonyl (C=O) groups is 2. The van der Waals surface area contributed by atoms with Gasteiger partial charge in [0.1, 0.15) is 24.0 Å². The second-order valence-electron chi connectivity index (χ2n) is 5.93. The predicted octanol–water partition coefficient (Wildman–Crippen LogP) is 1.28. The van der Waals surface area contributed by atoms with Gasteiger partial charge in [0.15, 0.2) is 0 Å². The molecule has 0 saturated heterocycles. The number of nitrogens with one attached hydrogen (secondary N) is 1. The van der Waals surface area contributed by atoms with Gasteiger partial charge in [0, 0.05) is 12.1 Å². The molecular formula is C19H20N4O6.